The molecule has 0 aromatic carbocycles. The SMILES string of the molecule is N[C@H]1CN(c2ccncc2NC(=O)c2csc(C3=C(F)C=CCC3F)n2)CC[C@@H]1F. The first-order chi connectivity index (χ1) is 14.4. The third-order valence-corrected chi connectivity index (χ3v) is 5.98. The van der Waals surface area contributed by atoms with Gasteiger partial charge in [-0.05, 0) is 18.6 Å². The summed E-state index contributed by atoms with van der Waals surface area (Å²) in [6, 6.07) is 1.10. The molecule has 0 radical (unpaired) electrons. The Kier molecular flexibility index (Phi) is 5.87. The zero-order valence-corrected chi connectivity index (χ0v) is 16.7. The number of hydrogen-bond acceptors (Lipinski definition) is 6. The maximum absolute atomic E-state index is 14.1. The van der Waals surface area contributed by atoms with Crippen molar-refractivity contribution >= 4 is 34.2 Å². The fourth-order valence-corrected chi connectivity index (χ4v) is 4.39. The van der Waals surface area contributed by atoms with Gasteiger partial charge in [-0.15, -0.1) is 11.3 Å². The van der Waals surface area contributed by atoms with Crippen LogP contribution in [0.4, 0.5) is 24.5 Å². The number of anilines is 2. The minimum atomic E-state index is -1.50. The van der Waals surface area contributed by atoms with E-state index in [1.807, 2.05) is 4.90 Å². The van der Waals surface area contributed by atoms with E-state index in [4.69, 9.17) is 5.73 Å². The molecule has 0 spiro atoms. The maximum atomic E-state index is 14.1. The largest absolute Gasteiger partial charge is 0.368 e. The summed E-state index contributed by atoms with van der Waals surface area (Å²) >= 11 is 1.01. The smallest absolute Gasteiger partial charge is 0.275 e. The van der Waals surface area contributed by atoms with Crippen molar-refractivity contribution in [3.05, 3.63) is 52.5 Å². The number of thiazole rings is 1. The van der Waals surface area contributed by atoms with E-state index in [-0.39, 0.29) is 22.7 Å². The molecule has 4 rings (SSSR count). The highest BCUT2D eigenvalue weighted by Crippen LogP contribution is 2.34. The van der Waals surface area contributed by atoms with Gasteiger partial charge in [0.15, 0.2) is 0 Å². The van der Waals surface area contributed by atoms with E-state index in [2.05, 4.69) is 15.3 Å². The van der Waals surface area contributed by atoms with Crippen LogP contribution in [-0.2, 0) is 0 Å². The Morgan fingerprint density at radius 1 is 1.37 bits per heavy atom. The Bertz CT molecular complexity index is 1010. The van der Waals surface area contributed by atoms with Gasteiger partial charge in [0.25, 0.3) is 5.91 Å². The van der Waals surface area contributed by atoms with E-state index in [1.165, 1.54) is 23.7 Å². The van der Waals surface area contributed by atoms with Crippen LogP contribution in [0, 0.1) is 0 Å². The predicted octanol–water partition coefficient (Wildman–Crippen LogP) is 3.64. The van der Waals surface area contributed by atoms with E-state index < -0.39 is 30.1 Å². The molecular weight excluding hydrogens is 415 g/mol. The quantitative estimate of drug-likeness (QED) is 0.766. The van der Waals surface area contributed by atoms with Crippen LogP contribution in [-0.4, -0.2) is 47.3 Å². The molecule has 1 saturated heterocycles. The van der Waals surface area contributed by atoms with E-state index >= 15 is 0 Å². The molecule has 1 unspecified atom stereocenters. The van der Waals surface area contributed by atoms with Crippen molar-refractivity contribution in [2.45, 2.75) is 31.2 Å². The molecule has 0 bridgehead atoms. The fourth-order valence-electron chi connectivity index (χ4n) is 3.50. The van der Waals surface area contributed by atoms with Crippen LogP contribution in [0.1, 0.15) is 28.3 Å². The number of nitrogens with zero attached hydrogens (tertiary/aromatic N) is 3. The number of allylic oxidation sites excluding steroid dienone is 4. The number of carbonyl (C=O) groups excluding carboxylic acids is 1. The van der Waals surface area contributed by atoms with Gasteiger partial charge in [0.2, 0.25) is 0 Å². The third kappa shape index (κ3) is 4.10. The second-order valence-corrected chi connectivity index (χ2v) is 8.02. The number of aromatic nitrogens is 2. The summed E-state index contributed by atoms with van der Waals surface area (Å²) in [7, 11) is 0. The summed E-state index contributed by atoms with van der Waals surface area (Å²) in [5, 5.41) is 4.33. The number of alkyl halides is 2. The van der Waals surface area contributed by atoms with Crippen LogP contribution in [0.5, 0.6) is 0 Å². The highest BCUT2D eigenvalue weighted by molar-refractivity contribution is 7.11. The minimum Gasteiger partial charge on any atom is -0.368 e. The first-order valence-electron chi connectivity index (χ1n) is 9.50. The summed E-state index contributed by atoms with van der Waals surface area (Å²) in [5.74, 6) is -1.21. The van der Waals surface area contributed by atoms with Crippen LogP contribution in [0.15, 0.2) is 41.8 Å². The first kappa shape index (κ1) is 20.5. The standard InChI is InChI=1S/C20H20F3N5OS/c21-11-5-7-28(9-14(11)24)17-4-6-25-8-15(17)26-19(29)16-10-30-20(27-16)18-12(22)2-1-3-13(18)23/h1-2,4,6,8,10-11,13-14H,3,5,7,9,24H2,(H,26,29)/t11-,13?,14-/m0/s1. The zero-order valence-electron chi connectivity index (χ0n) is 15.9. The molecular formula is C20H20F3N5OS. The first-order valence-corrected chi connectivity index (χ1v) is 10.4. The van der Waals surface area contributed by atoms with Gasteiger partial charge in [-0.25, -0.2) is 18.2 Å². The Morgan fingerprint density at radius 3 is 2.97 bits per heavy atom. The van der Waals surface area contributed by atoms with Crippen LogP contribution in [0.25, 0.3) is 5.57 Å². The van der Waals surface area contributed by atoms with Crippen molar-refractivity contribution in [3.63, 3.8) is 0 Å². The van der Waals surface area contributed by atoms with Crippen molar-refractivity contribution in [2.24, 2.45) is 5.73 Å². The van der Waals surface area contributed by atoms with E-state index in [9.17, 15) is 18.0 Å². The molecule has 2 aliphatic rings. The van der Waals surface area contributed by atoms with Crippen molar-refractivity contribution < 1.29 is 18.0 Å². The Balaban J connectivity index is 1.53. The van der Waals surface area contributed by atoms with Gasteiger partial charge < -0.3 is 16.0 Å². The zero-order chi connectivity index (χ0) is 21.3. The summed E-state index contributed by atoms with van der Waals surface area (Å²) < 4.78 is 41.9. The average Bonchev–Trinajstić information content (AvgIpc) is 3.20. The predicted molar refractivity (Wildman–Crippen MR) is 111 cm³/mol. The average molecular weight is 435 g/mol. The fraction of sp³-hybridized carbons (Fsp3) is 0.350. The van der Waals surface area contributed by atoms with Gasteiger partial charge in [0, 0.05) is 31.1 Å². The number of rotatable bonds is 4. The number of nitrogens with two attached hydrogens (primary N) is 1. The van der Waals surface area contributed by atoms with E-state index in [1.54, 1.807) is 12.3 Å². The lowest BCUT2D eigenvalue weighted by Gasteiger charge is -2.35. The summed E-state index contributed by atoms with van der Waals surface area (Å²) in [6.07, 6.45) is 3.51. The molecule has 1 amide bonds. The van der Waals surface area contributed by atoms with E-state index in [0.29, 0.717) is 30.9 Å². The van der Waals surface area contributed by atoms with Crippen LogP contribution >= 0.6 is 11.3 Å². The van der Waals surface area contributed by atoms with Crippen molar-refractivity contribution in [2.75, 3.05) is 23.3 Å². The molecule has 1 aliphatic carbocycles. The number of nitrogens with one attached hydrogen (secondary N) is 1. The Hall–Kier alpha value is -2.72. The van der Waals surface area contributed by atoms with Gasteiger partial charge >= 0.3 is 0 Å². The lowest BCUT2D eigenvalue weighted by atomic mass is 10.0. The topological polar surface area (TPSA) is 84.1 Å². The molecule has 158 valence electrons. The van der Waals surface area contributed by atoms with Crippen molar-refractivity contribution in [1.29, 1.82) is 0 Å². The number of carbonyl (C=O) groups is 1. The second-order valence-electron chi connectivity index (χ2n) is 7.17. The minimum absolute atomic E-state index is 0.0472. The molecule has 1 aliphatic heterocycles. The molecule has 1 fully saturated rings. The molecule has 10 heteroatoms. The monoisotopic (exact) mass is 435 g/mol. The molecule has 2 aromatic heterocycles. The maximum Gasteiger partial charge on any atom is 0.275 e. The van der Waals surface area contributed by atoms with Crippen LogP contribution in [0.2, 0.25) is 0 Å². The number of amides is 1. The molecule has 30 heavy (non-hydrogen) atoms. The molecule has 3 N–H and O–H groups in total. The number of halogens is 3. The molecule has 3 atom stereocenters. The normalized spacial score (nSPS) is 24.3. The van der Waals surface area contributed by atoms with Gasteiger partial charge in [-0.2, -0.15) is 0 Å². The highest BCUT2D eigenvalue weighted by atomic mass is 32.1. The molecule has 6 nitrogen and oxygen atoms in total. The summed E-state index contributed by atoms with van der Waals surface area (Å²) in [5.41, 5.74) is 6.86. The lowest BCUT2D eigenvalue weighted by Crippen LogP contribution is -2.50. The lowest BCUT2D eigenvalue weighted by molar-refractivity contribution is 0.102. The summed E-state index contributed by atoms with van der Waals surface area (Å²) in [6.45, 7) is 0.773. The summed E-state index contributed by atoms with van der Waals surface area (Å²) in [4.78, 5) is 22.8. The third-order valence-electron chi connectivity index (χ3n) is 5.10. The Labute approximate surface area is 175 Å². The number of hydrogen-bond donors (Lipinski definition) is 2. The molecule has 2 aromatic rings. The van der Waals surface area contributed by atoms with Crippen LogP contribution < -0.4 is 16.0 Å². The second kappa shape index (κ2) is 8.57. The van der Waals surface area contributed by atoms with Gasteiger partial charge in [-0.3, -0.25) is 9.78 Å². The Morgan fingerprint density at radius 2 is 2.20 bits per heavy atom. The van der Waals surface area contributed by atoms with Crippen molar-refractivity contribution in [3.8, 4) is 0 Å². The molecule has 0 saturated carbocycles. The molecule has 3 heterocycles. The number of piperidine rings is 1. The van der Waals surface area contributed by atoms with Crippen LogP contribution in [0.3, 0.4) is 0 Å². The van der Waals surface area contributed by atoms with Gasteiger partial charge in [0.1, 0.15) is 28.9 Å². The van der Waals surface area contributed by atoms with Gasteiger partial charge in [-0.1, -0.05) is 6.08 Å². The number of pyridine rings is 1. The van der Waals surface area contributed by atoms with Gasteiger partial charge in [0.05, 0.1) is 29.2 Å². The van der Waals surface area contributed by atoms with Crippen molar-refractivity contribution in [1.82, 2.24) is 9.97 Å². The highest BCUT2D eigenvalue weighted by Gasteiger charge is 2.28. The van der Waals surface area contributed by atoms with E-state index in [0.717, 1.165) is 11.3 Å².